The Balaban J connectivity index is 1.90. The predicted molar refractivity (Wildman–Crippen MR) is 98.8 cm³/mol. The smallest absolute Gasteiger partial charge is 0.193 e. The summed E-state index contributed by atoms with van der Waals surface area (Å²) < 4.78 is 10.3. The van der Waals surface area contributed by atoms with Gasteiger partial charge in [0, 0.05) is 19.3 Å². The largest absolute Gasteiger partial charge is 0.495 e. The highest BCUT2D eigenvalue weighted by Gasteiger charge is 2.02. The zero-order valence-electron chi connectivity index (χ0n) is 14.1. The molecule has 4 N–H and O–H groups in total. The standard InChI is InChI=1S/C18H24N4O2/c1-23-12-11-20-15-9-7-14(8-10-15)13-21-18(19)22-16-5-3-4-6-17(16)24-2/h3-10,20H,11-13H2,1-2H3,(H3,19,21,22). The van der Waals surface area contributed by atoms with Crippen LogP contribution in [0.1, 0.15) is 5.56 Å². The second-order valence-electron chi connectivity index (χ2n) is 5.14. The van der Waals surface area contributed by atoms with Gasteiger partial charge >= 0.3 is 0 Å². The molecule has 128 valence electrons. The van der Waals surface area contributed by atoms with Gasteiger partial charge in [0.25, 0.3) is 0 Å². The number of hydrogen-bond acceptors (Lipinski definition) is 4. The molecule has 0 amide bonds. The Kier molecular flexibility index (Phi) is 6.91. The first kappa shape index (κ1) is 17.6. The third-order valence-electron chi connectivity index (χ3n) is 3.39. The van der Waals surface area contributed by atoms with Crippen LogP contribution >= 0.6 is 0 Å². The number of nitrogens with one attached hydrogen (secondary N) is 2. The van der Waals surface area contributed by atoms with E-state index in [0.29, 0.717) is 19.1 Å². The van der Waals surface area contributed by atoms with Gasteiger partial charge in [0.15, 0.2) is 5.96 Å². The topological polar surface area (TPSA) is 80.9 Å². The highest BCUT2D eigenvalue weighted by molar-refractivity contribution is 5.93. The number of aliphatic imine (C=N–C) groups is 1. The second-order valence-corrected chi connectivity index (χ2v) is 5.14. The van der Waals surface area contributed by atoms with Gasteiger partial charge in [-0.25, -0.2) is 4.99 Å². The molecule has 24 heavy (non-hydrogen) atoms. The molecule has 0 heterocycles. The van der Waals surface area contributed by atoms with Crippen molar-refractivity contribution in [2.75, 3.05) is 38.0 Å². The van der Waals surface area contributed by atoms with E-state index in [1.54, 1.807) is 14.2 Å². The fourth-order valence-corrected chi connectivity index (χ4v) is 2.13. The molecule has 0 fully saturated rings. The number of anilines is 2. The van der Waals surface area contributed by atoms with Crippen LogP contribution in [0.2, 0.25) is 0 Å². The number of nitrogens with two attached hydrogens (primary N) is 1. The molecule has 6 nitrogen and oxygen atoms in total. The van der Waals surface area contributed by atoms with Crippen molar-refractivity contribution in [2.24, 2.45) is 10.7 Å². The Morgan fingerprint density at radius 2 is 1.83 bits per heavy atom. The first-order valence-electron chi connectivity index (χ1n) is 7.74. The molecule has 0 spiro atoms. The maximum Gasteiger partial charge on any atom is 0.193 e. The van der Waals surface area contributed by atoms with Crippen LogP contribution in [-0.4, -0.2) is 33.3 Å². The SMILES string of the molecule is COCCNc1ccc(CN=C(N)Nc2ccccc2OC)cc1. The maximum atomic E-state index is 5.95. The predicted octanol–water partition coefficient (Wildman–Crippen LogP) is 2.68. The molecule has 2 aromatic rings. The van der Waals surface area contributed by atoms with Gasteiger partial charge in [0.2, 0.25) is 0 Å². The number of benzene rings is 2. The van der Waals surface area contributed by atoms with Crippen LogP contribution in [0.5, 0.6) is 5.75 Å². The van der Waals surface area contributed by atoms with Gasteiger partial charge < -0.3 is 25.8 Å². The van der Waals surface area contributed by atoms with Crippen molar-refractivity contribution < 1.29 is 9.47 Å². The zero-order chi connectivity index (χ0) is 17.2. The number of hydrogen-bond donors (Lipinski definition) is 3. The van der Waals surface area contributed by atoms with Gasteiger partial charge in [-0.05, 0) is 29.8 Å². The van der Waals surface area contributed by atoms with E-state index >= 15 is 0 Å². The minimum Gasteiger partial charge on any atom is -0.495 e. The third-order valence-corrected chi connectivity index (χ3v) is 3.39. The summed E-state index contributed by atoms with van der Waals surface area (Å²) in [5.74, 6) is 1.07. The van der Waals surface area contributed by atoms with Crippen LogP contribution in [0.3, 0.4) is 0 Å². The Morgan fingerprint density at radius 3 is 2.54 bits per heavy atom. The summed E-state index contributed by atoms with van der Waals surface area (Å²) in [5, 5.41) is 6.33. The molecule has 0 atom stereocenters. The van der Waals surface area contributed by atoms with E-state index in [1.165, 1.54) is 0 Å². The molecule has 6 heteroatoms. The van der Waals surface area contributed by atoms with Gasteiger partial charge in [0.05, 0.1) is 25.9 Å². The van der Waals surface area contributed by atoms with E-state index in [9.17, 15) is 0 Å². The summed E-state index contributed by atoms with van der Waals surface area (Å²) in [6, 6.07) is 15.7. The fourth-order valence-electron chi connectivity index (χ4n) is 2.13. The average Bonchev–Trinajstić information content (AvgIpc) is 2.62. The van der Waals surface area contributed by atoms with E-state index in [0.717, 1.165) is 29.2 Å². The summed E-state index contributed by atoms with van der Waals surface area (Å²) >= 11 is 0. The van der Waals surface area contributed by atoms with Crippen molar-refractivity contribution in [1.29, 1.82) is 0 Å². The fraction of sp³-hybridized carbons (Fsp3) is 0.278. The molecule has 2 aromatic carbocycles. The monoisotopic (exact) mass is 328 g/mol. The average molecular weight is 328 g/mol. The highest BCUT2D eigenvalue weighted by atomic mass is 16.5. The molecule has 2 rings (SSSR count). The molecular weight excluding hydrogens is 304 g/mol. The number of guanidine groups is 1. The lowest BCUT2D eigenvalue weighted by Crippen LogP contribution is -2.22. The molecule has 0 aromatic heterocycles. The summed E-state index contributed by atoms with van der Waals surface area (Å²) in [5.41, 5.74) is 8.87. The van der Waals surface area contributed by atoms with Crippen molar-refractivity contribution in [3.63, 3.8) is 0 Å². The molecule has 0 unspecified atom stereocenters. The van der Waals surface area contributed by atoms with E-state index in [2.05, 4.69) is 15.6 Å². The Labute approximate surface area is 142 Å². The summed E-state index contributed by atoms with van der Waals surface area (Å²) in [7, 11) is 3.31. The van der Waals surface area contributed by atoms with Crippen LogP contribution < -0.4 is 21.1 Å². The van der Waals surface area contributed by atoms with Crippen LogP contribution in [0, 0.1) is 0 Å². The molecular formula is C18H24N4O2. The lowest BCUT2D eigenvalue weighted by atomic mass is 10.2. The van der Waals surface area contributed by atoms with Crippen molar-refractivity contribution in [3.8, 4) is 5.75 Å². The molecule has 0 saturated carbocycles. The Bertz CT molecular complexity index is 656. The van der Waals surface area contributed by atoms with E-state index < -0.39 is 0 Å². The zero-order valence-corrected chi connectivity index (χ0v) is 14.1. The van der Waals surface area contributed by atoms with Crippen LogP contribution in [-0.2, 0) is 11.3 Å². The lowest BCUT2D eigenvalue weighted by Gasteiger charge is -2.10. The van der Waals surface area contributed by atoms with Crippen molar-refractivity contribution in [2.45, 2.75) is 6.54 Å². The molecule has 0 aliphatic carbocycles. The van der Waals surface area contributed by atoms with Crippen molar-refractivity contribution >= 4 is 17.3 Å². The van der Waals surface area contributed by atoms with Gasteiger partial charge in [-0.15, -0.1) is 0 Å². The van der Waals surface area contributed by atoms with Gasteiger partial charge in [0.1, 0.15) is 5.75 Å². The van der Waals surface area contributed by atoms with Crippen LogP contribution in [0.25, 0.3) is 0 Å². The van der Waals surface area contributed by atoms with E-state index in [-0.39, 0.29) is 0 Å². The van der Waals surface area contributed by atoms with Gasteiger partial charge in [-0.3, -0.25) is 0 Å². The summed E-state index contributed by atoms with van der Waals surface area (Å²) in [4.78, 5) is 4.36. The molecule has 0 aliphatic heterocycles. The number of ether oxygens (including phenoxy) is 2. The summed E-state index contributed by atoms with van der Waals surface area (Å²) in [6.45, 7) is 1.97. The molecule has 0 radical (unpaired) electrons. The first-order chi connectivity index (χ1) is 11.7. The second kappa shape index (κ2) is 9.42. The van der Waals surface area contributed by atoms with Crippen LogP contribution in [0.15, 0.2) is 53.5 Å². The lowest BCUT2D eigenvalue weighted by molar-refractivity contribution is 0.211. The number of rotatable bonds is 8. The van der Waals surface area contributed by atoms with Gasteiger partial charge in [-0.1, -0.05) is 24.3 Å². The quantitative estimate of drug-likeness (QED) is 0.394. The van der Waals surface area contributed by atoms with Crippen LogP contribution in [0.4, 0.5) is 11.4 Å². The minimum atomic E-state index is 0.349. The van der Waals surface area contributed by atoms with Gasteiger partial charge in [-0.2, -0.15) is 0 Å². The number of methoxy groups -OCH3 is 2. The Morgan fingerprint density at radius 1 is 1.08 bits per heavy atom. The Hall–Kier alpha value is -2.73. The molecule has 0 bridgehead atoms. The minimum absolute atomic E-state index is 0.349. The normalized spacial score (nSPS) is 11.2. The maximum absolute atomic E-state index is 5.95. The van der Waals surface area contributed by atoms with E-state index in [4.69, 9.17) is 15.2 Å². The summed E-state index contributed by atoms with van der Waals surface area (Å²) in [6.07, 6.45) is 0. The van der Waals surface area contributed by atoms with Crippen molar-refractivity contribution in [1.82, 2.24) is 0 Å². The third kappa shape index (κ3) is 5.48. The first-order valence-corrected chi connectivity index (χ1v) is 7.74. The highest BCUT2D eigenvalue weighted by Crippen LogP contribution is 2.22. The molecule has 0 saturated heterocycles. The molecule has 0 aliphatic rings. The van der Waals surface area contributed by atoms with Crippen molar-refractivity contribution in [3.05, 3.63) is 54.1 Å². The number of nitrogens with zero attached hydrogens (tertiary/aromatic N) is 1. The number of para-hydroxylation sites is 2. The van der Waals surface area contributed by atoms with E-state index in [1.807, 2.05) is 48.5 Å².